The molecule has 0 aromatic rings. The zero-order valence-corrected chi connectivity index (χ0v) is 42.8. The van der Waals surface area contributed by atoms with Gasteiger partial charge < -0.3 is 14.2 Å². The lowest BCUT2D eigenvalue weighted by molar-refractivity contribution is -0.167. The molecule has 6 nitrogen and oxygen atoms in total. The predicted octanol–water partition coefficient (Wildman–Crippen LogP) is 18.5. The first-order chi connectivity index (χ1) is 31.5. The molecule has 0 fully saturated rings. The quantitative estimate of drug-likeness (QED) is 0.0262. The number of esters is 3. The van der Waals surface area contributed by atoms with Crippen molar-refractivity contribution >= 4 is 17.9 Å². The molecule has 0 radical (unpaired) electrons. The number of allylic oxidation sites excluding steroid dienone is 6. The largest absolute Gasteiger partial charge is 0.462 e. The Kier molecular flexibility index (Phi) is 51.3. The molecule has 64 heavy (non-hydrogen) atoms. The molecule has 6 heteroatoms. The van der Waals surface area contributed by atoms with E-state index in [2.05, 4.69) is 57.2 Å². The Morgan fingerprint density at radius 2 is 0.516 bits per heavy atom. The van der Waals surface area contributed by atoms with E-state index in [1.807, 2.05) is 0 Å². The van der Waals surface area contributed by atoms with Gasteiger partial charge in [-0.1, -0.05) is 218 Å². The standard InChI is InChI=1S/C58H106O6/c1-4-7-10-13-16-19-22-25-28-30-33-36-39-42-45-48-51-57(60)63-54-55(53-62-56(59)50-47-44-41-38-35-32-27-24-21-18-15-12-9-6-3)64-58(61)52-49-46-43-40-37-34-31-29-26-23-20-17-14-11-8-5-2/h28-32,35,55H,4-27,33-34,36-54H2,1-3H3/b30-28-,31-29-,35-32-. The molecule has 0 amide bonds. The second-order valence-electron chi connectivity index (χ2n) is 18.8. The van der Waals surface area contributed by atoms with Gasteiger partial charge >= 0.3 is 17.9 Å². The topological polar surface area (TPSA) is 78.9 Å². The van der Waals surface area contributed by atoms with E-state index >= 15 is 0 Å². The van der Waals surface area contributed by atoms with Crippen molar-refractivity contribution in [1.29, 1.82) is 0 Å². The summed E-state index contributed by atoms with van der Waals surface area (Å²) in [6.45, 7) is 6.63. The minimum atomic E-state index is -0.784. The zero-order chi connectivity index (χ0) is 46.5. The number of unbranched alkanes of at least 4 members (excludes halogenated alkanes) is 34. The minimum absolute atomic E-state index is 0.0826. The van der Waals surface area contributed by atoms with Crippen molar-refractivity contribution in [3.8, 4) is 0 Å². The van der Waals surface area contributed by atoms with Gasteiger partial charge in [-0.05, 0) is 96.3 Å². The molecule has 0 aromatic carbocycles. The van der Waals surface area contributed by atoms with E-state index in [1.165, 1.54) is 167 Å². The van der Waals surface area contributed by atoms with Gasteiger partial charge in [0.2, 0.25) is 0 Å². The lowest BCUT2D eigenvalue weighted by atomic mass is 10.1. The normalized spacial score (nSPS) is 12.2. The molecule has 0 N–H and O–H groups in total. The fraction of sp³-hybridized carbons (Fsp3) is 0.845. The molecule has 0 aliphatic rings. The summed E-state index contributed by atoms with van der Waals surface area (Å²) in [6, 6.07) is 0. The highest BCUT2D eigenvalue weighted by Crippen LogP contribution is 2.15. The van der Waals surface area contributed by atoms with Gasteiger partial charge in [-0.15, -0.1) is 0 Å². The van der Waals surface area contributed by atoms with Gasteiger partial charge in [0.15, 0.2) is 6.10 Å². The van der Waals surface area contributed by atoms with Crippen molar-refractivity contribution in [2.24, 2.45) is 0 Å². The Bertz CT molecular complexity index is 1080. The Morgan fingerprint density at radius 1 is 0.297 bits per heavy atom. The van der Waals surface area contributed by atoms with Crippen LogP contribution < -0.4 is 0 Å². The van der Waals surface area contributed by atoms with Gasteiger partial charge in [0.1, 0.15) is 13.2 Å². The maximum absolute atomic E-state index is 12.8. The monoisotopic (exact) mass is 899 g/mol. The van der Waals surface area contributed by atoms with Crippen LogP contribution in [0.1, 0.15) is 297 Å². The van der Waals surface area contributed by atoms with Crippen LogP contribution in [0.25, 0.3) is 0 Å². The average molecular weight is 899 g/mol. The van der Waals surface area contributed by atoms with E-state index < -0.39 is 6.10 Å². The van der Waals surface area contributed by atoms with Gasteiger partial charge in [-0.2, -0.15) is 0 Å². The van der Waals surface area contributed by atoms with Crippen molar-refractivity contribution < 1.29 is 28.6 Å². The van der Waals surface area contributed by atoms with E-state index in [-0.39, 0.29) is 31.1 Å². The van der Waals surface area contributed by atoms with Crippen LogP contribution in [0.5, 0.6) is 0 Å². The Labute approximate surface area is 397 Å². The van der Waals surface area contributed by atoms with Crippen LogP contribution in [0.3, 0.4) is 0 Å². The summed E-state index contributed by atoms with van der Waals surface area (Å²) >= 11 is 0. The molecule has 0 saturated heterocycles. The van der Waals surface area contributed by atoms with E-state index in [0.29, 0.717) is 19.3 Å². The van der Waals surface area contributed by atoms with Crippen LogP contribution in [0, 0.1) is 0 Å². The highest BCUT2D eigenvalue weighted by atomic mass is 16.6. The molecule has 1 unspecified atom stereocenters. The van der Waals surface area contributed by atoms with Gasteiger partial charge in [-0.3, -0.25) is 14.4 Å². The fourth-order valence-electron chi connectivity index (χ4n) is 8.07. The number of carbonyl (C=O) groups is 3. The molecule has 0 aliphatic carbocycles. The van der Waals surface area contributed by atoms with E-state index in [9.17, 15) is 14.4 Å². The molecule has 0 heterocycles. The molecule has 0 bridgehead atoms. The summed E-state index contributed by atoms with van der Waals surface area (Å²) in [6.07, 6.45) is 62.7. The van der Waals surface area contributed by atoms with Crippen LogP contribution >= 0.6 is 0 Å². The second-order valence-corrected chi connectivity index (χ2v) is 18.8. The highest BCUT2D eigenvalue weighted by molar-refractivity contribution is 5.71. The lowest BCUT2D eigenvalue weighted by Crippen LogP contribution is -2.30. The third-order valence-electron chi connectivity index (χ3n) is 12.3. The third kappa shape index (κ3) is 50.6. The maximum atomic E-state index is 12.8. The Hall–Kier alpha value is -2.37. The van der Waals surface area contributed by atoms with E-state index in [1.54, 1.807) is 0 Å². The van der Waals surface area contributed by atoms with E-state index in [4.69, 9.17) is 14.2 Å². The van der Waals surface area contributed by atoms with Crippen LogP contribution in [-0.4, -0.2) is 37.2 Å². The van der Waals surface area contributed by atoms with Crippen molar-refractivity contribution in [2.45, 2.75) is 303 Å². The van der Waals surface area contributed by atoms with Crippen molar-refractivity contribution in [3.63, 3.8) is 0 Å². The SMILES string of the molecule is CCCCCCCCC/C=C\CCCCCCCC(=O)OCC(COC(=O)CCCCC/C=C\CCCCCCCCC)OC(=O)CCCCCCC/C=C\CCCCCCCCC. The summed E-state index contributed by atoms with van der Waals surface area (Å²) in [5, 5.41) is 0. The molecule has 0 aromatic heterocycles. The van der Waals surface area contributed by atoms with Gasteiger partial charge in [0.05, 0.1) is 0 Å². The molecule has 0 saturated carbocycles. The highest BCUT2D eigenvalue weighted by Gasteiger charge is 2.19. The van der Waals surface area contributed by atoms with E-state index in [0.717, 1.165) is 89.9 Å². The van der Waals surface area contributed by atoms with Crippen LogP contribution in [-0.2, 0) is 28.6 Å². The van der Waals surface area contributed by atoms with Crippen molar-refractivity contribution in [2.75, 3.05) is 13.2 Å². The predicted molar refractivity (Wildman–Crippen MR) is 275 cm³/mol. The van der Waals surface area contributed by atoms with Gasteiger partial charge in [0, 0.05) is 19.3 Å². The molecular formula is C58H106O6. The summed E-state index contributed by atoms with van der Waals surface area (Å²) < 4.78 is 16.8. The molecule has 0 rings (SSSR count). The summed E-state index contributed by atoms with van der Waals surface area (Å²) in [4.78, 5) is 38.1. The maximum Gasteiger partial charge on any atom is 0.306 e. The number of hydrogen-bond donors (Lipinski definition) is 0. The fourth-order valence-corrected chi connectivity index (χ4v) is 8.07. The molecule has 0 spiro atoms. The Morgan fingerprint density at radius 3 is 0.797 bits per heavy atom. The molecule has 1 atom stereocenters. The van der Waals surface area contributed by atoms with Gasteiger partial charge in [-0.25, -0.2) is 0 Å². The zero-order valence-electron chi connectivity index (χ0n) is 42.8. The summed E-state index contributed by atoms with van der Waals surface area (Å²) in [7, 11) is 0. The number of hydrogen-bond acceptors (Lipinski definition) is 6. The first-order valence-corrected chi connectivity index (χ1v) is 28.0. The Balaban J connectivity index is 4.40. The second kappa shape index (κ2) is 53.2. The number of rotatable bonds is 51. The molecule has 374 valence electrons. The third-order valence-corrected chi connectivity index (χ3v) is 12.3. The van der Waals surface area contributed by atoms with Crippen LogP contribution in [0.15, 0.2) is 36.5 Å². The van der Waals surface area contributed by atoms with Crippen LogP contribution in [0.4, 0.5) is 0 Å². The smallest absolute Gasteiger partial charge is 0.306 e. The van der Waals surface area contributed by atoms with Crippen molar-refractivity contribution in [3.05, 3.63) is 36.5 Å². The van der Waals surface area contributed by atoms with Gasteiger partial charge in [0.25, 0.3) is 0 Å². The number of carbonyl (C=O) groups excluding carboxylic acids is 3. The molecule has 0 aliphatic heterocycles. The summed E-state index contributed by atoms with van der Waals surface area (Å²) in [5.41, 5.74) is 0. The molecular weight excluding hydrogens is 793 g/mol. The first kappa shape index (κ1) is 61.6. The number of ether oxygens (including phenoxy) is 3. The average Bonchev–Trinajstić information content (AvgIpc) is 3.29. The summed E-state index contributed by atoms with van der Waals surface area (Å²) in [5.74, 6) is -0.902. The van der Waals surface area contributed by atoms with Crippen molar-refractivity contribution in [1.82, 2.24) is 0 Å². The first-order valence-electron chi connectivity index (χ1n) is 28.0. The van der Waals surface area contributed by atoms with Crippen LogP contribution in [0.2, 0.25) is 0 Å². The lowest BCUT2D eigenvalue weighted by Gasteiger charge is -2.18. The minimum Gasteiger partial charge on any atom is -0.462 e.